The molecule has 0 aliphatic heterocycles. The molecule has 0 radical (unpaired) electrons. The highest BCUT2D eigenvalue weighted by Crippen LogP contribution is 2.26. The number of carbonyl (C=O) groups excluding carboxylic acids is 2. The molecule has 6 heteroatoms. The van der Waals surface area contributed by atoms with Gasteiger partial charge in [0.05, 0.1) is 0 Å². The van der Waals surface area contributed by atoms with Gasteiger partial charge in [0.1, 0.15) is 5.69 Å². The van der Waals surface area contributed by atoms with E-state index in [4.69, 9.17) is 0 Å². The van der Waals surface area contributed by atoms with E-state index in [0.717, 1.165) is 24.1 Å². The van der Waals surface area contributed by atoms with Crippen molar-refractivity contribution in [2.45, 2.75) is 26.2 Å². The van der Waals surface area contributed by atoms with E-state index in [0.29, 0.717) is 22.5 Å². The molecular weight excluding hydrogens is 274 g/mol. The molecule has 2 heterocycles. The van der Waals surface area contributed by atoms with E-state index in [2.05, 4.69) is 9.98 Å². The van der Waals surface area contributed by atoms with Gasteiger partial charge in [0.25, 0.3) is 5.91 Å². The van der Waals surface area contributed by atoms with Crippen LogP contribution in [-0.4, -0.2) is 21.2 Å². The number of thiazole rings is 1. The molecule has 0 saturated carbocycles. The molecule has 3 rings (SSSR count). The summed E-state index contributed by atoms with van der Waals surface area (Å²) < 4.78 is 1.80. The molecule has 0 fully saturated rings. The minimum absolute atomic E-state index is 0.126. The quantitative estimate of drug-likeness (QED) is 0.872. The summed E-state index contributed by atoms with van der Waals surface area (Å²) in [4.78, 5) is 32.1. The zero-order valence-electron chi connectivity index (χ0n) is 11.4. The Bertz CT molecular complexity index is 764. The summed E-state index contributed by atoms with van der Waals surface area (Å²) in [6, 6.07) is 0. The topological polar surface area (TPSA) is 67.2 Å². The zero-order valence-corrected chi connectivity index (χ0v) is 12.2. The molecule has 0 saturated heterocycles. The average molecular weight is 289 g/mol. The van der Waals surface area contributed by atoms with Gasteiger partial charge in [0.15, 0.2) is 10.6 Å². The Labute approximate surface area is 120 Å². The van der Waals surface area contributed by atoms with Crippen LogP contribution >= 0.6 is 11.3 Å². The van der Waals surface area contributed by atoms with E-state index in [9.17, 15) is 9.59 Å². The van der Waals surface area contributed by atoms with Crippen molar-refractivity contribution >= 4 is 23.0 Å². The minimum Gasteiger partial charge on any atom is -0.353 e. The number of Topliss-reactive ketones (excluding diaryl/α,β-unsaturated/α-hetero) is 1. The second kappa shape index (κ2) is 4.86. The van der Waals surface area contributed by atoms with Gasteiger partial charge in [-0.1, -0.05) is 0 Å². The van der Waals surface area contributed by atoms with Gasteiger partial charge in [-0.2, -0.15) is 4.99 Å². The van der Waals surface area contributed by atoms with E-state index in [1.54, 1.807) is 4.57 Å². The van der Waals surface area contributed by atoms with E-state index in [1.807, 2.05) is 25.5 Å². The fourth-order valence-electron chi connectivity index (χ4n) is 2.57. The monoisotopic (exact) mass is 289 g/mol. The molecule has 1 aliphatic rings. The highest BCUT2D eigenvalue weighted by atomic mass is 32.1. The molecule has 2 aromatic rings. The number of H-pyrrole nitrogens is 1. The van der Waals surface area contributed by atoms with Crippen molar-refractivity contribution in [3.8, 4) is 0 Å². The third-order valence-corrected chi connectivity index (χ3v) is 4.46. The number of aromatic nitrogens is 2. The van der Waals surface area contributed by atoms with Crippen LogP contribution in [0.5, 0.6) is 0 Å². The van der Waals surface area contributed by atoms with E-state index in [-0.39, 0.29) is 11.7 Å². The second-order valence-electron chi connectivity index (χ2n) is 4.97. The van der Waals surface area contributed by atoms with Crippen molar-refractivity contribution in [3.63, 3.8) is 0 Å². The third-order valence-electron chi connectivity index (χ3n) is 3.61. The number of hydrogen-bond donors (Lipinski definition) is 1. The predicted molar refractivity (Wildman–Crippen MR) is 76.0 cm³/mol. The SMILES string of the molecule is Cc1c(C(=O)N=c2sccn2C)[nH]c2c1C(=O)CCC2. The lowest BCUT2D eigenvalue weighted by Gasteiger charge is -2.09. The molecule has 0 bridgehead atoms. The maximum absolute atomic E-state index is 12.3. The van der Waals surface area contributed by atoms with E-state index >= 15 is 0 Å². The first-order valence-electron chi connectivity index (χ1n) is 6.51. The Balaban J connectivity index is 2.06. The van der Waals surface area contributed by atoms with Gasteiger partial charge >= 0.3 is 0 Å². The highest BCUT2D eigenvalue weighted by Gasteiger charge is 2.26. The maximum atomic E-state index is 12.3. The number of rotatable bonds is 1. The Morgan fingerprint density at radius 3 is 2.90 bits per heavy atom. The summed E-state index contributed by atoms with van der Waals surface area (Å²) in [6.45, 7) is 1.82. The lowest BCUT2D eigenvalue weighted by molar-refractivity contribution is 0.0970. The predicted octanol–water partition coefficient (Wildman–Crippen LogP) is 1.98. The molecule has 1 aliphatic carbocycles. The second-order valence-corrected chi connectivity index (χ2v) is 5.84. The molecule has 1 N–H and O–H groups in total. The number of ketones is 1. The summed E-state index contributed by atoms with van der Waals surface area (Å²) in [5.74, 6) is -0.191. The fourth-order valence-corrected chi connectivity index (χ4v) is 3.29. The lowest BCUT2D eigenvalue weighted by atomic mass is 9.94. The van der Waals surface area contributed by atoms with Gasteiger partial charge in [-0.25, -0.2) is 0 Å². The number of fused-ring (bicyclic) bond motifs is 1. The zero-order chi connectivity index (χ0) is 14.3. The van der Waals surface area contributed by atoms with Crippen molar-refractivity contribution < 1.29 is 9.59 Å². The molecule has 104 valence electrons. The Hall–Kier alpha value is -1.95. The Morgan fingerprint density at radius 1 is 1.45 bits per heavy atom. The summed E-state index contributed by atoms with van der Waals surface area (Å²) in [7, 11) is 1.85. The first kappa shape index (κ1) is 13.1. The van der Waals surface area contributed by atoms with Gasteiger partial charge < -0.3 is 9.55 Å². The number of amides is 1. The van der Waals surface area contributed by atoms with E-state index < -0.39 is 0 Å². The molecule has 0 spiro atoms. The molecule has 0 aromatic carbocycles. The van der Waals surface area contributed by atoms with Crippen molar-refractivity contribution in [1.29, 1.82) is 0 Å². The number of nitrogens with zero attached hydrogens (tertiary/aromatic N) is 2. The van der Waals surface area contributed by atoms with Crippen LogP contribution in [-0.2, 0) is 13.5 Å². The number of nitrogens with one attached hydrogen (secondary N) is 1. The van der Waals surface area contributed by atoms with Gasteiger partial charge in [-0.3, -0.25) is 9.59 Å². The summed E-state index contributed by atoms with van der Waals surface area (Å²) in [5.41, 5.74) is 2.76. The van der Waals surface area contributed by atoms with E-state index in [1.165, 1.54) is 11.3 Å². The van der Waals surface area contributed by atoms with Crippen LogP contribution < -0.4 is 4.80 Å². The van der Waals surface area contributed by atoms with Crippen LogP contribution in [0.2, 0.25) is 0 Å². The van der Waals surface area contributed by atoms with Crippen molar-refractivity contribution in [2.24, 2.45) is 12.0 Å². The molecule has 20 heavy (non-hydrogen) atoms. The highest BCUT2D eigenvalue weighted by molar-refractivity contribution is 7.07. The Kier molecular flexibility index (Phi) is 3.17. The minimum atomic E-state index is -0.317. The summed E-state index contributed by atoms with van der Waals surface area (Å²) >= 11 is 1.41. The number of aromatic amines is 1. The largest absolute Gasteiger partial charge is 0.353 e. The maximum Gasteiger partial charge on any atom is 0.296 e. The van der Waals surface area contributed by atoms with Gasteiger partial charge in [0, 0.05) is 36.3 Å². The first-order chi connectivity index (χ1) is 9.58. The molecule has 5 nitrogen and oxygen atoms in total. The van der Waals surface area contributed by atoms with Crippen LogP contribution in [0.4, 0.5) is 0 Å². The molecule has 0 unspecified atom stereocenters. The molecular formula is C14H15N3O2S. The third kappa shape index (κ3) is 2.06. The van der Waals surface area contributed by atoms with Gasteiger partial charge in [-0.05, 0) is 25.3 Å². The lowest BCUT2D eigenvalue weighted by Crippen LogP contribution is -2.13. The first-order valence-corrected chi connectivity index (χ1v) is 7.39. The molecule has 2 aromatic heterocycles. The standard InChI is InChI=1S/C14H15N3O2S/c1-8-11-9(4-3-5-10(11)18)15-12(8)13(19)16-14-17(2)6-7-20-14/h6-7,15H,3-5H2,1-2H3. The van der Waals surface area contributed by atoms with Crippen LogP contribution in [0.15, 0.2) is 16.6 Å². The average Bonchev–Trinajstić information content (AvgIpc) is 2.95. The number of carbonyl (C=O) groups is 2. The van der Waals surface area contributed by atoms with Crippen LogP contribution in [0.3, 0.4) is 0 Å². The van der Waals surface area contributed by atoms with Gasteiger partial charge in [0.2, 0.25) is 0 Å². The molecule has 1 amide bonds. The van der Waals surface area contributed by atoms with Crippen molar-refractivity contribution in [1.82, 2.24) is 9.55 Å². The fraction of sp³-hybridized carbons (Fsp3) is 0.357. The van der Waals surface area contributed by atoms with Crippen LogP contribution in [0.1, 0.15) is 44.9 Å². The van der Waals surface area contributed by atoms with Gasteiger partial charge in [-0.15, -0.1) is 11.3 Å². The number of aryl methyl sites for hydroxylation is 2. The Morgan fingerprint density at radius 2 is 2.25 bits per heavy atom. The van der Waals surface area contributed by atoms with Crippen molar-refractivity contribution in [3.05, 3.63) is 38.9 Å². The summed E-state index contributed by atoms with van der Waals surface area (Å²) in [5, 5.41) is 1.88. The number of hydrogen-bond acceptors (Lipinski definition) is 3. The summed E-state index contributed by atoms with van der Waals surface area (Å²) in [6.07, 6.45) is 4.08. The normalized spacial score (nSPS) is 15.5. The molecule has 0 atom stereocenters. The van der Waals surface area contributed by atoms with Crippen molar-refractivity contribution in [2.75, 3.05) is 0 Å². The van der Waals surface area contributed by atoms with Crippen LogP contribution in [0.25, 0.3) is 0 Å². The smallest absolute Gasteiger partial charge is 0.296 e. The van der Waals surface area contributed by atoms with Crippen LogP contribution in [0, 0.1) is 6.92 Å².